The number of nitrogens with zero attached hydrogens (tertiary/aromatic N) is 2. The summed E-state index contributed by atoms with van der Waals surface area (Å²) in [5.41, 5.74) is 1.86. The van der Waals surface area contributed by atoms with Crippen LogP contribution in [0.2, 0.25) is 0 Å². The summed E-state index contributed by atoms with van der Waals surface area (Å²) in [4.78, 5) is 8.52. The fraction of sp³-hybridized carbons (Fsp3) is 0.600. The van der Waals surface area contributed by atoms with Crippen molar-refractivity contribution in [3.8, 4) is 0 Å². The van der Waals surface area contributed by atoms with Gasteiger partial charge in [0.2, 0.25) is 0 Å². The zero-order chi connectivity index (χ0) is 10.4. The third-order valence-corrected chi connectivity index (χ3v) is 1.94. The maximum Gasteiger partial charge on any atom is 0.0779 e. The second-order valence-corrected chi connectivity index (χ2v) is 3.15. The monoisotopic (exact) mass is 195 g/mol. The van der Waals surface area contributed by atoms with Crippen molar-refractivity contribution in [3.05, 3.63) is 23.8 Å². The Bertz CT molecular complexity index is 255. The first-order valence-electron chi connectivity index (χ1n) is 4.78. The van der Waals surface area contributed by atoms with Crippen LogP contribution in [0.15, 0.2) is 12.4 Å². The maximum atomic E-state index is 5.11. The Hall–Kier alpha value is -1.00. The van der Waals surface area contributed by atoms with Gasteiger partial charge in [0.25, 0.3) is 0 Å². The lowest BCUT2D eigenvalue weighted by atomic mass is 10.2. The lowest BCUT2D eigenvalue weighted by Crippen LogP contribution is -2.25. The molecule has 4 nitrogen and oxygen atoms in total. The average Bonchev–Trinajstić information content (AvgIpc) is 2.19. The molecule has 0 amide bonds. The Balaban J connectivity index is 2.71. The molecule has 0 aliphatic heterocycles. The van der Waals surface area contributed by atoms with Crippen LogP contribution in [0.25, 0.3) is 0 Å². The molecule has 0 fully saturated rings. The van der Waals surface area contributed by atoms with Crippen LogP contribution in [0.4, 0.5) is 0 Å². The van der Waals surface area contributed by atoms with E-state index in [0.29, 0.717) is 6.61 Å². The zero-order valence-corrected chi connectivity index (χ0v) is 8.95. The van der Waals surface area contributed by atoms with Crippen molar-refractivity contribution in [2.24, 2.45) is 0 Å². The van der Waals surface area contributed by atoms with Gasteiger partial charge in [-0.25, -0.2) is 0 Å². The summed E-state index contributed by atoms with van der Waals surface area (Å²) in [6.07, 6.45) is 3.57. The van der Waals surface area contributed by atoms with E-state index in [0.717, 1.165) is 17.9 Å². The highest BCUT2D eigenvalue weighted by Crippen LogP contribution is 2.08. The topological polar surface area (TPSA) is 47.0 Å². The number of nitrogens with one attached hydrogen (secondary N) is 1. The third-order valence-electron chi connectivity index (χ3n) is 1.94. The second kappa shape index (κ2) is 5.67. The highest BCUT2D eigenvalue weighted by molar-refractivity contribution is 5.05. The summed E-state index contributed by atoms with van der Waals surface area (Å²) >= 11 is 0. The molecule has 14 heavy (non-hydrogen) atoms. The number of hydrogen-bond donors (Lipinski definition) is 1. The van der Waals surface area contributed by atoms with Gasteiger partial charge >= 0.3 is 0 Å². The van der Waals surface area contributed by atoms with Crippen molar-refractivity contribution in [3.63, 3.8) is 0 Å². The molecule has 0 aliphatic rings. The smallest absolute Gasteiger partial charge is 0.0779 e. The molecule has 0 aliphatic carbocycles. The third kappa shape index (κ3) is 3.05. The second-order valence-electron chi connectivity index (χ2n) is 3.15. The Morgan fingerprint density at radius 3 is 2.71 bits per heavy atom. The highest BCUT2D eigenvalue weighted by Gasteiger charge is 2.10. The van der Waals surface area contributed by atoms with E-state index in [-0.39, 0.29) is 6.04 Å². The number of aromatic nitrogens is 2. The van der Waals surface area contributed by atoms with Crippen LogP contribution in [0, 0.1) is 6.92 Å². The maximum absolute atomic E-state index is 5.11. The lowest BCUT2D eigenvalue weighted by molar-refractivity contribution is 0.166. The normalized spacial score (nSPS) is 12.8. The molecule has 1 aromatic rings. The predicted molar refractivity (Wildman–Crippen MR) is 55.1 cm³/mol. The molecule has 1 unspecified atom stereocenters. The summed E-state index contributed by atoms with van der Waals surface area (Å²) in [5.74, 6) is 0. The van der Waals surface area contributed by atoms with E-state index >= 15 is 0 Å². The number of ether oxygens (including phenoxy) is 1. The SMILES string of the molecule is CCNC(COC)c1cnc(C)cn1. The van der Waals surface area contributed by atoms with Gasteiger partial charge in [-0.05, 0) is 13.5 Å². The van der Waals surface area contributed by atoms with Gasteiger partial charge in [0.05, 0.1) is 30.2 Å². The van der Waals surface area contributed by atoms with Crippen molar-refractivity contribution in [2.45, 2.75) is 19.9 Å². The van der Waals surface area contributed by atoms with E-state index in [1.54, 1.807) is 19.5 Å². The summed E-state index contributed by atoms with van der Waals surface area (Å²) in [6, 6.07) is 0.137. The molecule has 0 bridgehead atoms. The van der Waals surface area contributed by atoms with Crippen molar-refractivity contribution in [2.75, 3.05) is 20.3 Å². The minimum absolute atomic E-state index is 0.137. The van der Waals surface area contributed by atoms with Gasteiger partial charge in [-0.1, -0.05) is 6.92 Å². The summed E-state index contributed by atoms with van der Waals surface area (Å²) < 4.78 is 5.11. The first-order chi connectivity index (χ1) is 6.77. The molecule has 4 heteroatoms. The molecule has 0 aromatic carbocycles. The van der Waals surface area contributed by atoms with Crippen molar-refractivity contribution < 1.29 is 4.74 Å². The molecule has 1 rings (SSSR count). The highest BCUT2D eigenvalue weighted by atomic mass is 16.5. The van der Waals surface area contributed by atoms with Crippen LogP contribution in [0.5, 0.6) is 0 Å². The number of aryl methyl sites for hydroxylation is 1. The van der Waals surface area contributed by atoms with Crippen LogP contribution in [-0.4, -0.2) is 30.2 Å². The number of rotatable bonds is 5. The quantitative estimate of drug-likeness (QED) is 0.763. The molecular weight excluding hydrogens is 178 g/mol. The molecule has 1 heterocycles. The molecule has 1 atom stereocenters. The fourth-order valence-corrected chi connectivity index (χ4v) is 1.24. The van der Waals surface area contributed by atoms with Gasteiger partial charge in [0.15, 0.2) is 0 Å². The van der Waals surface area contributed by atoms with Gasteiger partial charge in [-0.15, -0.1) is 0 Å². The van der Waals surface area contributed by atoms with Crippen LogP contribution in [0.3, 0.4) is 0 Å². The minimum Gasteiger partial charge on any atom is -0.383 e. The summed E-state index contributed by atoms with van der Waals surface area (Å²) in [6.45, 7) is 5.49. The van der Waals surface area contributed by atoms with Gasteiger partial charge in [-0.3, -0.25) is 9.97 Å². The van der Waals surface area contributed by atoms with Crippen molar-refractivity contribution in [1.82, 2.24) is 15.3 Å². The summed E-state index contributed by atoms with van der Waals surface area (Å²) in [5, 5.41) is 3.29. The van der Waals surface area contributed by atoms with E-state index in [2.05, 4.69) is 22.2 Å². The van der Waals surface area contributed by atoms with Gasteiger partial charge < -0.3 is 10.1 Å². The largest absolute Gasteiger partial charge is 0.383 e. The molecule has 0 saturated carbocycles. The Kier molecular flexibility index (Phi) is 4.49. The van der Waals surface area contributed by atoms with Crippen molar-refractivity contribution >= 4 is 0 Å². The van der Waals surface area contributed by atoms with Crippen LogP contribution >= 0.6 is 0 Å². The first-order valence-corrected chi connectivity index (χ1v) is 4.78. The van der Waals surface area contributed by atoms with E-state index in [4.69, 9.17) is 4.74 Å². The Labute approximate surface area is 84.7 Å². The lowest BCUT2D eigenvalue weighted by Gasteiger charge is -2.15. The summed E-state index contributed by atoms with van der Waals surface area (Å²) in [7, 11) is 1.69. The minimum atomic E-state index is 0.137. The molecular formula is C10H17N3O. The molecule has 0 saturated heterocycles. The zero-order valence-electron chi connectivity index (χ0n) is 8.95. The standard InChI is InChI=1S/C10H17N3O/c1-4-11-10(7-14-3)9-6-12-8(2)5-13-9/h5-6,10-11H,4,7H2,1-3H3. The molecule has 0 spiro atoms. The molecule has 1 aromatic heterocycles. The number of hydrogen-bond acceptors (Lipinski definition) is 4. The molecule has 0 radical (unpaired) electrons. The predicted octanol–water partition coefficient (Wildman–Crippen LogP) is 1.08. The molecule has 78 valence electrons. The van der Waals surface area contributed by atoms with Crippen LogP contribution in [-0.2, 0) is 4.74 Å². The van der Waals surface area contributed by atoms with E-state index in [1.807, 2.05) is 6.92 Å². The fourth-order valence-electron chi connectivity index (χ4n) is 1.24. The van der Waals surface area contributed by atoms with Gasteiger partial charge in [0.1, 0.15) is 0 Å². The average molecular weight is 195 g/mol. The number of methoxy groups -OCH3 is 1. The van der Waals surface area contributed by atoms with Gasteiger partial charge in [0, 0.05) is 13.3 Å². The van der Waals surface area contributed by atoms with E-state index in [9.17, 15) is 0 Å². The number of likely N-dealkylation sites (N-methyl/N-ethyl adjacent to an activating group) is 1. The van der Waals surface area contributed by atoms with Gasteiger partial charge in [-0.2, -0.15) is 0 Å². The first kappa shape index (κ1) is 11.1. The van der Waals surface area contributed by atoms with Crippen molar-refractivity contribution in [1.29, 1.82) is 0 Å². The molecule has 1 N–H and O–H groups in total. The van der Waals surface area contributed by atoms with E-state index < -0.39 is 0 Å². The van der Waals surface area contributed by atoms with E-state index in [1.165, 1.54) is 0 Å². The Morgan fingerprint density at radius 2 is 2.21 bits per heavy atom. The van der Waals surface area contributed by atoms with Crippen LogP contribution < -0.4 is 5.32 Å². The van der Waals surface area contributed by atoms with Crippen LogP contribution in [0.1, 0.15) is 24.4 Å². The Morgan fingerprint density at radius 1 is 1.43 bits per heavy atom.